The van der Waals surface area contributed by atoms with Gasteiger partial charge in [-0.1, -0.05) is 25.5 Å². The van der Waals surface area contributed by atoms with Gasteiger partial charge in [-0.05, 0) is 105 Å². The molecule has 0 atom stereocenters. The van der Waals surface area contributed by atoms with Crippen molar-refractivity contribution < 1.29 is 9.84 Å². The molecule has 0 spiro atoms. The van der Waals surface area contributed by atoms with E-state index in [1.165, 1.54) is 18.4 Å². The highest BCUT2D eigenvalue weighted by molar-refractivity contribution is 5.67. The van der Waals surface area contributed by atoms with Crippen LogP contribution in [-0.2, 0) is 13.0 Å². The molecule has 0 saturated heterocycles. The van der Waals surface area contributed by atoms with Crippen molar-refractivity contribution in [3.05, 3.63) is 95.6 Å². The molecule has 0 radical (unpaired) electrons. The molecule has 4 aromatic rings. The molecule has 44 heavy (non-hydrogen) atoms. The number of ether oxygens (including phenoxy) is 1. The van der Waals surface area contributed by atoms with Gasteiger partial charge >= 0.3 is 0 Å². The van der Waals surface area contributed by atoms with E-state index >= 15 is 0 Å². The van der Waals surface area contributed by atoms with Crippen LogP contribution in [0.3, 0.4) is 0 Å². The van der Waals surface area contributed by atoms with Crippen molar-refractivity contribution >= 4 is 39.8 Å². The first kappa shape index (κ1) is 32.2. The van der Waals surface area contributed by atoms with Crippen LogP contribution in [0.5, 0.6) is 5.75 Å². The van der Waals surface area contributed by atoms with E-state index in [1.54, 1.807) is 7.11 Å². The predicted octanol–water partition coefficient (Wildman–Crippen LogP) is 10.9. The molecule has 4 aromatic carbocycles. The molecule has 0 saturated carbocycles. The molecule has 0 aliphatic carbocycles. The maximum atomic E-state index is 9.99. The number of aliphatic hydroxyl groups excluding tert-OH is 1. The smallest absolute Gasteiger partial charge is 0.144 e. The molecular weight excluding hydrogens is 550 g/mol. The molecule has 0 aliphatic heterocycles. The average molecular weight is 592 g/mol. The van der Waals surface area contributed by atoms with Gasteiger partial charge in [-0.25, -0.2) is 0 Å². The minimum Gasteiger partial charge on any atom is -0.495 e. The first-order valence-corrected chi connectivity index (χ1v) is 15.1. The number of unbranched alkanes of at least 4 members (excludes halogenated alkanes) is 1. The Kier molecular flexibility index (Phi) is 11.8. The molecule has 4 rings (SSSR count). The molecule has 0 fully saturated rings. The summed E-state index contributed by atoms with van der Waals surface area (Å²) in [5.41, 5.74) is 8.09. The van der Waals surface area contributed by atoms with Gasteiger partial charge in [-0.2, -0.15) is 30.7 Å². The van der Waals surface area contributed by atoms with E-state index in [9.17, 15) is 5.11 Å². The minimum absolute atomic E-state index is 0.151. The molecule has 0 amide bonds. The maximum absolute atomic E-state index is 9.99. The van der Waals surface area contributed by atoms with Gasteiger partial charge in [0.2, 0.25) is 0 Å². The lowest BCUT2D eigenvalue weighted by atomic mass is 10.1. The Labute approximate surface area is 260 Å². The van der Waals surface area contributed by atoms with E-state index in [1.807, 2.05) is 73.7 Å². The van der Waals surface area contributed by atoms with Crippen molar-refractivity contribution in [2.45, 2.75) is 53.6 Å². The first-order valence-electron chi connectivity index (χ1n) is 15.1. The van der Waals surface area contributed by atoms with E-state index in [4.69, 9.17) is 4.74 Å². The van der Waals surface area contributed by atoms with E-state index in [0.29, 0.717) is 28.4 Å². The third-order valence-electron chi connectivity index (χ3n) is 7.27. The van der Waals surface area contributed by atoms with Crippen LogP contribution in [0, 0.1) is 6.92 Å². The predicted molar refractivity (Wildman–Crippen MR) is 178 cm³/mol. The molecule has 0 unspecified atom stereocenters. The second kappa shape index (κ2) is 16.2. The lowest BCUT2D eigenvalue weighted by Crippen LogP contribution is -2.22. The minimum atomic E-state index is -0.151. The number of hydrogen-bond donors (Lipinski definition) is 1. The van der Waals surface area contributed by atoms with Crippen LogP contribution < -0.4 is 9.64 Å². The number of anilines is 1. The fourth-order valence-corrected chi connectivity index (χ4v) is 4.64. The summed E-state index contributed by atoms with van der Waals surface area (Å²) in [6, 6.07) is 25.0. The van der Waals surface area contributed by atoms with Crippen molar-refractivity contribution in [1.82, 2.24) is 0 Å². The van der Waals surface area contributed by atoms with Gasteiger partial charge in [-0.15, -0.1) is 0 Å². The number of aryl methyl sites for hydroxylation is 2. The highest BCUT2D eigenvalue weighted by Gasteiger charge is 2.14. The third-order valence-corrected chi connectivity index (χ3v) is 7.27. The summed E-state index contributed by atoms with van der Waals surface area (Å²) in [6.45, 7) is 9.82. The summed E-state index contributed by atoms with van der Waals surface area (Å²) in [6.07, 6.45) is 3.47. The summed E-state index contributed by atoms with van der Waals surface area (Å²) in [5, 5.41) is 36.3. The SMILES string of the molecule is CCCCc1ccc(N=Nc2ccc(N=Nc3ccc(N=Nc4cc(OC)c(N(CC)CC)cc4CO)cc3C)cc2)cc1. The second-order valence-electron chi connectivity index (χ2n) is 10.3. The van der Waals surface area contributed by atoms with Gasteiger partial charge in [-0.3, -0.25) is 0 Å². The van der Waals surface area contributed by atoms with Crippen molar-refractivity contribution in [2.75, 3.05) is 25.1 Å². The van der Waals surface area contributed by atoms with Gasteiger partial charge in [0.1, 0.15) is 5.75 Å². The molecule has 228 valence electrons. The van der Waals surface area contributed by atoms with E-state index in [2.05, 4.69) is 68.5 Å². The number of benzene rings is 4. The zero-order valence-corrected chi connectivity index (χ0v) is 26.2. The lowest BCUT2D eigenvalue weighted by molar-refractivity contribution is 0.282. The monoisotopic (exact) mass is 591 g/mol. The van der Waals surface area contributed by atoms with Crippen LogP contribution in [-0.4, -0.2) is 25.3 Å². The third kappa shape index (κ3) is 8.64. The largest absolute Gasteiger partial charge is 0.495 e. The van der Waals surface area contributed by atoms with Crippen LogP contribution in [0.2, 0.25) is 0 Å². The van der Waals surface area contributed by atoms with Crippen molar-refractivity contribution in [2.24, 2.45) is 30.7 Å². The topological polar surface area (TPSA) is 107 Å². The number of rotatable bonds is 14. The first-order chi connectivity index (χ1) is 21.5. The molecule has 0 bridgehead atoms. The Bertz CT molecular complexity index is 1590. The van der Waals surface area contributed by atoms with E-state index in [0.717, 1.165) is 47.8 Å². The van der Waals surface area contributed by atoms with Gasteiger partial charge < -0.3 is 14.7 Å². The molecule has 9 heteroatoms. The van der Waals surface area contributed by atoms with Gasteiger partial charge in [0.25, 0.3) is 0 Å². The van der Waals surface area contributed by atoms with Crippen LogP contribution in [0.25, 0.3) is 0 Å². The number of azo groups is 3. The number of hydrogen-bond acceptors (Lipinski definition) is 9. The molecule has 9 nitrogen and oxygen atoms in total. The fraction of sp³-hybridized carbons (Fsp3) is 0.314. The summed E-state index contributed by atoms with van der Waals surface area (Å²) < 4.78 is 5.61. The fourth-order valence-electron chi connectivity index (χ4n) is 4.64. The summed E-state index contributed by atoms with van der Waals surface area (Å²) in [4.78, 5) is 2.17. The summed E-state index contributed by atoms with van der Waals surface area (Å²) in [7, 11) is 1.63. The second-order valence-corrected chi connectivity index (χ2v) is 10.3. The summed E-state index contributed by atoms with van der Waals surface area (Å²) in [5.74, 6) is 0.690. The number of aliphatic hydroxyl groups is 1. The highest BCUT2D eigenvalue weighted by Crippen LogP contribution is 2.37. The normalized spacial score (nSPS) is 11.7. The van der Waals surface area contributed by atoms with E-state index < -0.39 is 0 Å². The van der Waals surface area contributed by atoms with E-state index in [-0.39, 0.29) is 6.61 Å². The highest BCUT2D eigenvalue weighted by atomic mass is 16.5. The van der Waals surface area contributed by atoms with Crippen molar-refractivity contribution in [1.29, 1.82) is 0 Å². The molecule has 0 heterocycles. The number of methoxy groups -OCH3 is 1. The van der Waals surface area contributed by atoms with Crippen LogP contribution in [0.1, 0.15) is 50.3 Å². The zero-order valence-electron chi connectivity index (χ0n) is 26.2. The summed E-state index contributed by atoms with van der Waals surface area (Å²) >= 11 is 0. The van der Waals surface area contributed by atoms with Crippen molar-refractivity contribution in [3.8, 4) is 5.75 Å². The Morgan fingerprint density at radius 2 is 1.20 bits per heavy atom. The Morgan fingerprint density at radius 1 is 0.659 bits per heavy atom. The molecule has 0 aliphatic rings. The standard InChI is InChI=1S/C35H41N7O2/c1-6-9-10-26-11-13-28(14-12-26)36-37-29-15-17-30(18-16-29)38-40-32-20-19-31(21-25(32)4)39-41-33-23-35(44-5)34(22-27(33)24-43)42(7-2)8-3/h11-23,43H,6-10,24H2,1-5H3. The van der Waals surface area contributed by atoms with Crippen LogP contribution in [0.4, 0.5) is 39.8 Å². The van der Waals surface area contributed by atoms with Gasteiger partial charge in [0.15, 0.2) is 0 Å². The molecule has 1 N–H and O–H groups in total. The Balaban J connectivity index is 1.41. The lowest BCUT2D eigenvalue weighted by Gasteiger charge is -2.24. The van der Waals surface area contributed by atoms with Crippen molar-refractivity contribution in [3.63, 3.8) is 0 Å². The number of nitrogens with zero attached hydrogens (tertiary/aromatic N) is 7. The zero-order chi connectivity index (χ0) is 31.3. The Hall–Kier alpha value is -4.76. The van der Waals surface area contributed by atoms with Gasteiger partial charge in [0, 0.05) is 24.7 Å². The quantitative estimate of drug-likeness (QED) is 0.147. The molecular formula is C35H41N7O2. The van der Waals surface area contributed by atoms with Gasteiger partial charge in [0.05, 0.1) is 53.5 Å². The Morgan fingerprint density at radius 3 is 1.75 bits per heavy atom. The maximum Gasteiger partial charge on any atom is 0.144 e. The van der Waals surface area contributed by atoms with Crippen LogP contribution >= 0.6 is 0 Å². The van der Waals surface area contributed by atoms with Crippen LogP contribution in [0.15, 0.2) is 110 Å². The average Bonchev–Trinajstić information content (AvgIpc) is 3.06. The molecule has 0 aromatic heterocycles.